The van der Waals surface area contributed by atoms with Gasteiger partial charge in [0.15, 0.2) is 12.4 Å². The van der Waals surface area contributed by atoms with Gasteiger partial charge in [-0.25, -0.2) is 0 Å². The normalized spacial score (nSPS) is 14.5. The van der Waals surface area contributed by atoms with E-state index in [0.717, 1.165) is 25.9 Å². The van der Waals surface area contributed by atoms with Crippen LogP contribution in [-0.2, 0) is 11.3 Å². The van der Waals surface area contributed by atoms with E-state index in [1.807, 2.05) is 0 Å². The lowest BCUT2D eigenvalue weighted by atomic mass is 10.1. The Morgan fingerprint density at radius 3 is 2.50 bits per heavy atom. The fourth-order valence-corrected chi connectivity index (χ4v) is 3.09. The highest BCUT2D eigenvalue weighted by Crippen LogP contribution is 2.14. The first kappa shape index (κ1) is 19.8. The summed E-state index contributed by atoms with van der Waals surface area (Å²) in [4.78, 5) is 37.7. The summed E-state index contributed by atoms with van der Waals surface area (Å²) in [6.45, 7) is 3.78. The number of hydrogen-bond donors (Lipinski definition) is 1. The SMILES string of the molecule is CC(=O)c1ccc(NC(=O)COc2coc(CN3CCCCC3)cc2=O)cc1. The fraction of sp³-hybridized carbons (Fsp3) is 0.381. The topological polar surface area (TPSA) is 88.8 Å². The molecular formula is C21H24N2O5. The first-order chi connectivity index (χ1) is 13.5. The first-order valence-corrected chi connectivity index (χ1v) is 9.39. The number of amides is 1. The number of ketones is 1. The maximum Gasteiger partial charge on any atom is 0.262 e. The second-order valence-electron chi connectivity index (χ2n) is 6.88. The number of Topliss-reactive ketones (excluding diaryl/α,β-unsaturated/α-hetero) is 1. The largest absolute Gasteiger partial charge is 0.477 e. The van der Waals surface area contributed by atoms with Crippen LogP contribution < -0.4 is 15.5 Å². The van der Waals surface area contributed by atoms with Gasteiger partial charge >= 0.3 is 0 Å². The smallest absolute Gasteiger partial charge is 0.262 e. The van der Waals surface area contributed by atoms with Gasteiger partial charge in [0.05, 0.1) is 6.54 Å². The van der Waals surface area contributed by atoms with Crippen LogP contribution >= 0.6 is 0 Å². The number of benzene rings is 1. The highest BCUT2D eigenvalue weighted by Gasteiger charge is 2.13. The van der Waals surface area contributed by atoms with Gasteiger partial charge in [0.25, 0.3) is 5.91 Å². The van der Waals surface area contributed by atoms with Crippen molar-refractivity contribution >= 4 is 17.4 Å². The van der Waals surface area contributed by atoms with Crippen molar-refractivity contribution in [2.24, 2.45) is 0 Å². The monoisotopic (exact) mass is 384 g/mol. The van der Waals surface area contributed by atoms with Gasteiger partial charge in [-0.3, -0.25) is 19.3 Å². The second kappa shape index (κ2) is 9.32. The minimum absolute atomic E-state index is 0.00414. The van der Waals surface area contributed by atoms with Crippen molar-refractivity contribution in [2.75, 3.05) is 25.0 Å². The molecule has 0 unspecified atom stereocenters. The molecule has 148 valence electrons. The maximum absolute atomic E-state index is 12.2. The summed E-state index contributed by atoms with van der Waals surface area (Å²) in [7, 11) is 0. The molecule has 1 aromatic carbocycles. The zero-order valence-electron chi connectivity index (χ0n) is 15.9. The van der Waals surface area contributed by atoms with Crippen LogP contribution in [0, 0.1) is 0 Å². The fourth-order valence-electron chi connectivity index (χ4n) is 3.09. The number of rotatable bonds is 7. The summed E-state index contributed by atoms with van der Waals surface area (Å²) in [6, 6.07) is 7.96. The number of anilines is 1. The lowest BCUT2D eigenvalue weighted by Gasteiger charge is -2.25. The Labute approximate surface area is 163 Å². The molecule has 7 heteroatoms. The number of piperidine rings is 1. The van der Waals surface area contributed by atoms with Crippen LogP contribution in [0.5, 0.6) is 5.75 Å². The second-order valence-corrected chi connectivity index (χ2v) is 6.88. The molecule has 0 aliphatic carbocycles. The highest BCUT2D eigenvalue weighted by molar-refractivity contribution is 5.95. The van der Waals surface area contributed by atoms with Gasteiger partial charge in [-0.05, 0) is 57.1 Å². The van der Waals surface area contributed by atoms with Gasteiger partial charge in [-0.2, -0.15) is 0 Å². The molecule has 0 atom stereocenters. The number of ether oxygens (including phenoxy) is 1. The first-order valence-electron chi connectivity index (χ1n) is 9.39. The van der Waals surface area contributed by atoms with Gasteiger partial charge in [0.2, 0.25) is 11.2 Å². The summed E-state index contributed by atoms with van der Waals surface area (Å²) >= 11 is 0. The number of nitrogens with zero attached hydrogens (tertiary/aromatic N) is 1. The summed E-state index contributed by atoms with van der Waals surface area (Å²) in [5, 5.41) is 2.65. The van der Waals surface area contributed by atoms with E-state index in [0.29, 0.717) is 23.6 Å². The molecule has 2 heterocycles. The molecule has 3 rings (SSSR count). The Morgan fingerprint density at radius 2 is 1.86 bits per heavy atom. The van der Waals surface area contributed by atoms with Gasteiger partial charge in [-0.1, -0.05) is 6.42 Å². The van der Waals surface area contributed by atoms with Gasteiger partial charge < -0.3 is 14.5 Å². The Hall–Kier alpha value is -2.93. The molecule has 1 saturated heterocycles. The molecule has 0 radical (unpaired) electrons. The highest BCUT2D eigenvalue weighted by atomic mass is 16.5. The molecule has 1 N–H and O–H groups in total. The van der Waals surface area contributed by atoms with Crippen molar-refractivity contribution in [3.63, 3.8) is 0 Å². The lowest BCUT2D eigenvalue weighted by molar-refractivity contribution is -0.118. The van der Waals surface area contributed by atoms with E-state index in [-0.39, 0.29) is 23.6 Å². The van der Waals surface area contributed by atoms with Gasteiger partial charge in [-0.15, -0.1) is 0 Å². The summed E-state index contributed by atoms with van der Waals surface area (Å²) in [5.41, 5.74) is 0.802. The van der Waals surface area contributed by atoms with Crippen molar-refractivity contribution < 1.29 is 18.7 Å². The Kier molecular flexibility index (Phi) is 6.60. The molecule has 1 fully saturated rings. The molecule has 7 nitrogen and oxygen atoms in total. The zero-order valence-corrected chi connectivity index (χ0v) is 15.9. The van der Waals surface area contributed by atoms with E-state index in [1.54, 1.807) is 24.3 Å². The standard InChI is InChI=1S/C21H24N2O5/c1-15(24)16-5-7-17(8-6-16)22-21(26)14-28-20-13-27-18(11-19(20)25)12-23-9-3-2-4-10-23/h5-8,11,13H,2-4,9-10,12,14H2,1H3,(H,22,26). The third-order valence-corrected chi connectivity index (χ3v) is 4.61. The van der Waals surface area contributed by atoms with Gasteiger partial charge in [0, 0.05) is 17.3 Å². The van der Waals surface area contributed by atoms with Crippen molar-refractivity contribution in [1.29, 1.82) is 0 Å². The average molecular weight is 384 g/mol. The Bertz CT molecular complexity index is 882. The molecule has 2 aromatic rings. The van der Waals surface area contributed by atoms with Crippen molar-refractivity contribution in [3.05, 3.63) is 58.1 Å². The number of hydrogen-bond acceptors (Lipinski definition) is 6. The third-order valence-electron chi connectivity index (χ3n) is 4.61. The maximum atomic E-state index is 12.2. The van der Waals surface area contributed by atoms with E-state index < -0.39 is 5.91 Å². The van der Waals surface area contributed by atoms with Crippen molar-refractivity contribution in [3.8, 4) is 5.75 Å². The van der Waals surface area contributed by atoms with Crippen molar-refractivity contribution in [2.45, 2.75) is 32.7 Å². The summed E-state index contributed by atoms with van der Waals surface area (Å²) < 4.78 is 10.8. The molecule has 0 saturated carbocycles. The van der Waals surface area contributed by atoms with Gasteiger partial charge in [0.1, 0.15) is 12.0 Å². The number of nitrogens with one attached hydrogen (secondary N) is 1. The third kappa shape index (κ3) is 5.53. The van der Waals surface area contributed by atoms with Crippen LogP contribution in [0.3, 0.4) is 0 Å². The van der Waals surface area contributed by atoms with Crippen LogP contribution in [0.1, 0.15) is 42.3 Å². The molecular weight excluding hydrogens is 360 g/mol. The Morgan fingerprint density at radius 1 is 1.14 bits per heavy atom. The predicted octanol–water partition coefficient (Wildman–Crippen LogP) is 2.85. The minimum Gasteiger partial charge on any atom is -0.477 e. The summed E-state index contributed by atoms with van der Waals surface area (Å²) in [6.07, 6.45) is 4.84. The van der Waals surface area contributed by atoms with Crippen LogP contribution in [0.4, 0.5) is 5.69 Å². The number of likely N-dealkylation sites (tertiary alicyclic amines) is 1. The molecule has 1 amide bonds. The molecule has 28 heavy (non-hydrogen) atoms. The Balaban J connectivity index is 1.51. The summed E-state index contributed by atoms with van der Waals surface area (Å²) in [5.74, 6) is 0.141. The van der Waals surface area contributed by atoms with Crippen LogP contribution in [-0.4, -0.2) is 36.3 Å². The quantitative estimate of drug-likeness (QED) is 0.739. The van der Waals surface area contributed by atoms with Crippen LogP contribution in [0.15, 0.2) is 45.8 Å². The predicted molar refractivity (Wildman–Crippen MR) is 105 cm³/mol. The lowest BCUT2D eigenvalue weighted by Crippen LogP contribution is -2.29. The number of carbonyl (C=O) groups excluding carboxylic acids is 2. The van der Waals surface area contributed by atoms with E-state index in [1.165, 1.54) is 25.7 Å². The molecule has 1 aliphatic heterocycles. The minimum atomic E-state index is -0.410. The average Bonchev–Trinajstić information content (AvgIpc) is 2.68. The molecule has 0 bridgehead atoms. The van der Waals surface area contributed by atoms with Crippen LogP contribution in [0.2, 0.25) is 0 Å². The molecule has 0 spiro atoms. The van der Waals surface area contributed by atoms with E-state index in [9.17, 15) is 14.4 Å². The molecule has 1 aromatic heterocycles. The van der Waals surface area contributed by atoms with Crippen LogP contribution in [0.25, 0.3) is 0 Å². The van der Waals surface area contributed by atoms with Crippen molar-refractivity contribution in [1.82, 2.24) is 4.90 Å². The molecule has 1 aliphatic rings. The zero-order chi connectivity index (χ0) is 19.9. The number of carbonyl (C=O) groups is 2. The van der Waals surface area contributed by atoms with E-state index in [4.69, 9.17) is 9.15 Å². The van der Waals surface area contributed by atoms with E-state index >= 15 is 0 Å². The van der Waals surface area contributed by atoms with E-state index in [2.05, 4.69) is 10.2 Å².